The molecule has 0 aliphatic heterocycles. The summed E-state index contributed by atoms with van der Waals surface area (Å²) in [6.45, 7) is 0. The zero-order valence-corrected chi connectivity index (χ0v) is 9.00. The highest BCUT2D eigenvalue weighted by Gasteiger charge is 2.08. The lowest BCUT2D eigenvalue weighted by Gasteiger charge is -2.16. The summed E-state index contributed by atoms with van der Waals surface area (Å²) in [5.41, 5.74) is 0. The van der Waals surface area contributed by atoms with E-state index in [-0.39, 0.29) is 0 Å². The van der Waals surface area contributed by atoms with E-state index in [2.05, 4.69) is 4.99 Å². The molecule has 1 aliphatic carbocycles. The molecule has 1 saturated carbocycles. The molecule has 0 heterocycles. The summed E-state index contributed by atoms with van der Waals surface area (Å²) in [5.74, 6) is 0. The second-order valence-corrected chi connectivity index (χ2v) is 4.23. The lowest BCUT2D eigenvalue weighted by Crippen LogP contribution is -2.13. The maximum Gasteiger partial charge on any atom is 0.0848 e. The molecule has 2 nitrogen and oxygen atoms in total. The fourth-order valence-electron chi connectivity index (χ4n) is 1.81. The van der Waals surface area contributed by atoms with Gasteiger partial charge in [-0.25, -0.2) is 0 Å². The molecule has 1 rings (SSSR count). The first-order chi connectivity index (χ1) is 6.29. The van der Waals surface area contributed by atoms with E-state index in [9.17, 15) is 0 Å². The third-order valence-electron chi connectivity index (χ3n) is 2.58. The molecule has 1 aliphatic rings. The third-order valence-corrected chi connectivity index (χ3v) is 2.58. The molecule has 13 heavy (non-hydrogen) atoms. The van der Waals surface area contributed by atoms with Gasteiger partial charge in [0.05, 0.1) is 12.4 Å². The SMILES string of the molecule is CN(C)C=NC1CCCCCCC1. The van der Waals surface area contributed by atoms with Gasteiger partial charge in [0.2, 0.25) is 0 Å². The Morgan fingerprint density at radius 2 is 1.54 bits per heavy atom. The molecule has 0 aromatic rings. The van der Waals surface area contributed by atoms with Crippen LogP contribution >= 0.6 is 0 Å². The molecular weight excluding hydrogens is 160 g/mol. The van der Waals surface area contributed by atoms with Crippen molar-refractivity contribution in [2.75, 3.05) is 14.1 Å². The summed E-state index contributed by atoms with van der Waals surface area (Å²) in [5, 5.41) is 0. The van der Waals surface area contributed by atoms with Crippen LogP contribution in [0.3, 0.4) is 0 Å². The molecule has 0 bridgehead atoms. The zero-order chi connectivity index (χ0) is 9.52. The first kappa shape index (κ1) is 10.6. The van der Waals surface area contributed by atoms with E-state index in [0.29, 0.717) is 6.04 Å². The van der Waals surface area contributed by atoms with Crippen LogP contribution in [-0.4, -0.2) is 31.4 Å². The van der Waals surface area contributed by atoms with Gasteiger partial charge in [-0.1, -0.05) is 32.1 Å². The van der Waals surface area contributed by atoms with Crippen molar-refractivity contribution in [2.45, 2.75) is 51.0 Å². The van der Waals surface area contributed by atoms with Gasteiger partial charge in [-0.05, 0) is 12.8 Å². The van der Waals surface area contributed by atoms with Crippen LogP contribution in [0, 0.1) is 0 Å². The van der Waals surface area contributed by atoms with Gasteiger partial charge in [0, 0.05) is 14.1 Å². The van der Waals surface area contributed by atoms with Crippen LogP contribution in [-0.2, 0) is 0 Å². The van der Waals surface area contributed by atoms with Crippen LogP contribution in [0.2, 0.25) is 0 Å². The van der Waals surface area contributed by atoms with E-state index in [1.165, 1.54) is 44.9 Å². The monoisotopic (exact) mass is 182 g/mol. The number of hydrogen-bond acceptors (Lipinski definition) is 1. The maximum atomic E-state index is 4.59. The van der Waals surface area contributed by atoms with E-state index >= 15 is 0 Å². The highest BCUT2D eigenvalue weighted by Crippen LogP contribution is 2.18. The fourth-order valence-corrected chi connectivity index (χ4v) is 1.81. The minimum atomic E-state index is 0.600. The summed E-state index contributed by atoms with van der Waals surface area (Å²) in [6, 6.07) is 0.600. The smallest absolute Gasteiger partial charge is 0.0848 e. The summed E-state index contributed by atoms with van der Waals surface area (Å²) in [7, 11) is 4.07. The minimum Gasteiger partial charge on any atom is -0.369 e. The van der Waals surface area contributed by atoms with E-state index in [4.69, 9.17) is 0 Å². The second kappa shape index (κ2) is 6.01. The van der Waals surface area contributed by atoms with E-state index in [1.807, 2.05) is 25.3 Å². The number of aliphatic imine (C=N–C) groups is 1. The molecule has 0 unspecified atom stereocenters. The molecule has 0 spiro atoms. The predicted octanol–water partition coefficient (Wildman–Crippen LogP) is 2.69. The van der Waals surface area contributed by atoms with Crippen LogP contribution in [0.4, 0.5) is 0 Å². The zero-order valence-electron chi connectivity index (χ0n) is 9.00. The molecule has 0 N–H and O–H groups in total. The lowest BCUT2D eigenvalue weighted by molar-refractivity contribution is 0.452. The van der Waals surface area contributed by atoms with E-state index in [1.54, 1.807) is 0 Å². The molecular formula is C11H22N2. The Bertz CT molecular complexity index is 144. The van der Waals surface area contributed by atoms with E-state index < -0.39 is 0 Å². The third kappa shape index (κ3) is 4.91. The number of rotatable bonds is 2. The van der Waals surface area contributed by atoms with Crippen molar-refractivity contribution in [2.24, 2.45) is 4.99 Å². The standard InChI is InChI=1S/C11H22N2/c1-13(2)10-12-11-8-6-4-3-5-7-9-11/h10-11H,3-9H2,1-2H3. The minimum absolute atomic E-state index is 0.600. The van der Waals surface area contributed by atoms with Crippen LogP contribution in [0.5, 0.6) is 0 Å². The molecule has 0 amide bonds. The van der Waals surface area contributed by atoms with Crippen molar-refractivity contribution in [3.05, 3.63) is 0 Å². The van der Waals surface area contributed by atoms with Crippen LogP contribution in [0.15, 0.2) is 4.99 Å². The number of nitrogens with zero attached hydrogens (tertiary/aromatic N) is 2. The predicted molar refractivity (Wildman–Crippen MR) is 58.3 cm³/mol. The molecule has 0 atom stereocenters. The Morgan fingerprint density at radius 1 is 1.00 bits per heavy atom. The van der Waals surface area contributed by atoms with Gasteiger partial charge in [0.1, 0.15) is 0 Å². The Balaban J connectivity index is 2.29. The Hall–Kier alpha value is -0.530. The van der Waals surface area contributed by atoms with Gasteiger partial charge in [-0.3, -0.25) is 4.99 Å². The second-order valence-electron chi connectivity index (χ2n) is 4.23. The normalized spacial score (nSPS) is 21.4. The summed E-state index contributed by atoms with van der Waals surface area (Å²) in [6.07, 6.45) is 11.6. The van der Waals surface area contributed by atoms with Gasteiger partial charge in [0.25, 0.3) is 0 Å². The van der Waals surface area contributed by atoms with Crippen molar-refractivity contribution in [1.29, 1.82) is 0 Å². The molecule has 1 fully saturated rings. The molecule has 0 saturated heterocycles. The maximum absolute atomic E-state index is 4.59. The molecule has 0 aromatic carbocycles. The molecule has 0 aromatic heterocycles. The van der Waals surface area contributed by atoms with Gasteiger partial charge < -0.3 is 4.90 Å². The van der Waals surface area contributed by atoms with Crippen LogP contribution in [0.25, 0.3) is 0 Å². The quantitative estimate of drug-likeness (QED) is 0.473. The van der Waals surface area contributed by atoms with Gasteiger partial charge in [0.15, 0.2) is 0 Å². The highest BCUT2D eigenvalue weighted by molar-refractivity contribution is 5.54. The fraction of sp³-hybridized carbons (Fsp3) is 0.909. The van der Waals surface area contributed by atoms with Crippen molar-refractivity contribution in [1.82, 2.24) is 4.90 Å². The van der Waals surface area contributed by atoms with Gasteiger partial charge in [-0.2, -0.15) is 0 Å². The molecule has 2 heteroatoms. The van der Waals surface area contributed by atoms with E-state index in [0.717, 1.165) is 0 Å². The first-order valence-corrected chi connectivity index (χ1v) is 5.49. The van der Waals surface area contributed by atoms with Gasteiger partial charge >= 0.3 is 0 Å². The summed E-state index contributed by atoms with van der Waals surface area (Å²) in [4.78, 5) is 6.61. The lowest BCUT2D eigenvalue weighted by atomic mass is 9.97. The molecule has 0 radical (unpaired) electrons. The van der Waals surface area contributed by atoms with Crippen molar-refractivity contribution in [3.63, 3.8) is 0 Å². The Kier molecular flexibility index (Phi) is 4.87. The van der Waals surface area contributed by atoms with Crippen LogP contribution < -0.4 is 0 Å². The van der Waals surface area contributed by atoms with Crippen LogP contribution in [0.1, 0.15) is 44.9 Å². The first-order valence-electron chi connectivity index (χ1n) is 5.49. The average Bonchev–Trinajstić information content (AvgIpc) is 2.01. The highest BCUT2D eigenvalue weighted by atomic mass is 15.1. The topological polar surface area (TPSA) is 15.6 Å². The van der Waals surface area contributed by atoms with Crippen molar-refractivity contribution < 1.29 is 0 Å². The van der Waals surface area contributed by atoms with Gasteiger partial charge in [-0.15, -0.1) is 0 Å². The number of hydrogen-bond donors (Lipinski definition) is 0. The average molecular weight is 182 g/mol. The summed E-state index contributed by atoms with van der Waals surface area (Å²) < 4.78 is 0. The largest absolute Gasteiger partial charge is 0.369 e. The Morgan fingerprint density at radius 3 is 2.08 bits per heavy atom. The van der Waals surface area contributed by atoms with Crippen molar-refractivity contribution >= 4 is 6.34 Å². The summed E-state index contributed by atoms with van der Waals surface area (Å²) >= 11 is 0. The molecule has 76 valence electrons. The van der Waals surface area contributed by atoms with Crippen molar-refractivity contribution in [3.8, 4) is 0 Å². The Labute approximate surface area is 82.0 Å².